The summed E-state index contributed by atoms with van der Waals surface area (Å²) < 4.78 is 49.3. The van der Waals surface area contributed by atoms with E-state index in [4.69, 9.17) is 18.5 Å². The molecule has 380 valence electrons. The van der Waals surface area contributed by atoms with E-state index < -0.39 is 83.5 Å². The highest BCUT2D eigenvalue weighted by molar-refractivity contribution is 7.47. The minimum absolute atomic E-state index is 0.0170. The van der Waals surface area contributed by atoms with E-state index in [-0.39, 0.29) is 18.6 Å². The largest absolute Gasteiger partial charge is 0.472 e. The smallest absolute Gasteiger partial charge is 0.462 e. The maximum absolute atomic E-state index is 13.0. The second-order valence-electron chi connectivity index (χ2n) is 16.5. The number of ketones is 1. The van der Waals surface area contributed by atoms with Crippen molar-refractivity contribution in [2.24, 2.45) is 0 Å². The number of phosphoric acid groups is 2. The van der Waals surface area contributed by atoms with Crippen molar-refractivity contribution >= 4 is 33.4 Å². The Hall–Kier alpha value is -2.63. The van der Waals surface area contributed by atoms with Crippen LogP contribution in [0.15, 0.2) is 60.8 Å². The minimum atomic E-state index is -5.38. The van der Waals surface area contributed by atoms with E-state index >= 15 is 0 Å². The second-order valence-corrected chi connectivity index (χ2v) is 19.1. The zero-order valence-electron chi connectivity index (χ0n) is 39.1. The van der Waals surface area contributed by atoms with Gasteiger partial charge < -0.3 is 44.6 Å². The zero-order valence-corrected chi connectivity index (χ0v) is 40.9. The van der Waals surface area contributed by atoms with Crippen molar-refractivity contribution in [3.05, 3.63) is 60.8 Å². The quantitative estimate of drug-likeness (QED) is 0.00763. The van der Waals surface area contributed by atoms with Gasteiger partial charge in [-0.2, -0.15) is 0 Å². The van der Waals surface area contributed by atoms with Gasteiger partial charge in [0.2, 0.25) is 0 Å². The average molecular weight is 979 g/mol. The molecule has 66 heavy (non-hydrogen) atoms. The highest BCUT2D eigenvalue weighted by Gasteiger charge is 2.54. The van der Waals surface area contributed by atoms with E-state index in [1.165, 1.54) is 32.1 Å². The number of hydrogen-bond donors (Lipinski definition) is 7. The molecular formula is C47H80O17P2. The molecule has 0 aromatic carbocycles. The summed E-state index contributed by atoms with van der Waals surface area (Å²) in [6, 6.07) is 0. The van der Waals surface area contributed by atoms with Gasteiger partial charge in [-0.25, -0.2) is 9.13 Å². The van der Waals surface area contributed by atoms with Crippen LogP contribution in [0.4, 0.5) is 0 Å². The summed E-state index contributed by atoms with van der Waals surface area (Å²) in [6.07, 6.45) is 24.5. The highest BCUT2D eigenvalue weighted by atomic mass is 31.2. The fraction of sp³-hybridized carbons (Fsp3) is 0.723. The molecule has 5 unspecified atom stereocenters. The van der Waals surface area contributed by atoms with E-state index in [0.717, 1.165) is 70.6 Å². The van der Waals surface area contributed by atoms with Gasteiger partial charge in [-0.3, -0.25) is 28.0 Å². The molecule has 17 nitrogen and oxygen atoms in total. The third-order valence-corrected chi connectivity index (χ3v) is 12.1. The number of rotatable bonds is 39. The first kappa shape index (κ1) is 61.4. The predicted octanol–water partition coefficient (Wildman–Crippen LogP) is 8.24. The molecule has 0 saturated heterocycles. The first-order chi connectivity index (χ1) is 31.5. The topological polar surface area (TPSA) is 273 Å². The Labute approximate surface area is 392 Å². The molecule has 0 amide bonds. The van der Waals surface area contributed by atoms with Gasteiger partial charge in [0, 0.05) is 19.3 Å². The van der Waals surface area contributed by atoms with Gasteiger partial charge in [0.1, 0.15) is 43.2 Å². The molecule has 0 aromatic heterocycles. The Morgan fingerprint density at radius 1 is 0.545 bits per heavy atom. The summed E-state index contributed by atoms with van der Waals surface area (Å²) in [6.45, 7) is 2.81. The van der Waals surface area contributed by atoms with Gasteiger partial charge in [-0.15, -0.1) is 0 Å². The van der Waals surface area contributed by atoms with Crippen molar-refractivity contribution in [2.45, 2.75) is 204 Å². The number of ether oxygens (including phenoxy) is 2. The summed E-state index contributed by atoms with van der Waals surface area (Å²) in [5.41, 5.74) is 0. The van der Waals surface area contributed by atoms with Crippen LogP contribution >= 0.6 is 15.6 Å². The van der Waals surface area contributed by atoms with Crippen molar-refractivity contribution in [3.8, 4) is 0 Å². The van der Waals surface area contributed by atoms with Gasteiger partial charge in [0.25, 0.3) is 0 Å². The average Bonchev–Trinajstić information content (AvgIpc) is 3.26. The lowest BCUT2D eigenvalue weighted by molar-refractivity contribution is -0.216. The summed E-state index contributed by atoms with van der Waals surface area (Å²) >= 11 is 0. The summed E-state index contributed by atoms with van der Waals surface area (Å²) in [7, 11) is -10.7. The maximum Gasteiger partial charge on any atom is 0.472 e. The molecule has 0 bridgehead atoms. The molecule has 19 heteroatoms. The van der Waals surface area contributed by atoms with Crippen LogP contribution in [-0.4, -0.2) is 109 Å². The lowest BCUT2D eigenvalue weighted by atomic mass is 9.85. The van der Waals surface area contributed by atoms with Crippen LogP contribution in [0, 0.1) is 0 Å². The Bertz CT molecular complexity index is 1570. The van der Waals surface area contributed by atoms with Crippen LogP contribution < -0.4 is 0 Å². The number of aliphatic hydroxyl groups is 4. The van der Waals surface area contributed by atoms with Crippen molar-refractivity contribution in [1.29, 1.82) is 0 Å². The van der Waals surface area contributed by atoms with Gasteiger partial charge in [-0.1, -0.05) is 139 Å². The Morgan fingerprint density at radius 2 is 1.08 bits per heavy atom. The van der Waals surface area contributed by atoms with Crippen LogP contribution in [-0.2, 0) is 46.6 Å². The standard InChI is InChI=1S/C47H80O17P2/c1-3-5-7-8-9-10-11-12-13-14-17-21-24-27-31-35-41(50)62-39(37-61-66(58,59)64-47-44(53)42(51)43(52)46(45(47)54)63-65(55,56)57)36-60-40(49)34-30-26-23-20-18-15-16-19-22-25-29-33-38(48)32-28-6-4-2/h5,7,15-16,20,22-23,25,29,33,39,42-47,51-54H,3-4,6,8-14,17-19,21,24,26-28,30-32,34-37H2,1-2H3,(H,58,59)(H2,55,56,57)/b7-5-,16-15-,23-20-,25-22-,33-29+/t39-,42?,43?,44?,45?,46-,47+/m1/s1. The van der Waals surface area contributed by atoms with Crippen LogP contribution in [0.5, 0.6) is 0 Å². The van der Waals surface area contributed by atoms with Crippen molar-refractivity contribution in [2.75, 3.05) is 13.2 Å². The second kappa shape index (κ2) is 37.3. The fourth-order valence-corrected chi connectivity index (χ4v) is 8.40. The first-order valence-electron chi connectivity index (χ1n) is 23.8. The van der Waals surface area contributed by atoms with Crippen LogP contribution in [0.2, 0.25) is 0 Å². The number of aliphatic hydroxyl groups excluding tert-OH is 4. The van der Waals surface area contributed by atoms with Gasteiger partial charge in [-0.05, 0) is 63.9 Å². The van der Waals surface area contributed by atoms with Gasteiger partial charge in [0.05, 0.1) is 6.61 Å². The molecule has 0 aliphatic heterocycles. The van der Waals surface area contributed by atoms with E-state index in [1.807, 2.05) is 36.5 Å². The van der Waals surface area contributed by atoms with Crippen LogP contribution in [0.3, 0.4) is 0 Å². The highest BCUT2D eigenvalue weighted by Crippen LogP contribution is 2.49. The van der Waals surface area contributed by atoms with E-state index in [9.17, 15) is 58.6 Å². The molecule has 0 radical (unpaired) electrons. The number of phosphoric ester groups is 2. The van der Waals surface area contributed by atoms with Crippen molar-refractivity contribution in [1.82, 2.24) is 0 Å². The summed E-state index contributed by atoms with van der Waals surface area (Å²) in [5.74, 6) is -1.18. The maximum atomic E-state index is 13.0. The Kier molecular flexibility index (Phi) is 34.7. The van der Waals surface area contributed by atoms with E-state index in [0.29, 0.717) is 32.1 Å². The van der Waals surface area contributed by atoms with Gasteiger partial charge >= 0.3 is 27.6 Å². The number of carbonyl (C=O) groups excluding carboxylic acids is 3. The van der Waals surface area contributed by atoms with E-state index in [1.54, 1.807) is 12.2 Å². The zero-order chi connectivity index (χ0) is 49.1. The first-order valence-corrected chi connectivity index (χ1v) is 26.8. The van der Waals surface area contributed by atoms with E-state index in [2.05, 4.69) is 30.5 Å². The molecule has 1 rings (SSSR count). The predicted molar refractivity (Wildman–Crippen MR) is 251 cm³/mol. The number of esters is 2. The molecule has 0 aromatic rings. The molecule has 7 N–H and O–H groups in total. The number of allylic oxidation sites excluding steroid dienone is 10. The lowest BCUT2D eigenvalue weighted by Crippen LogP contribution is -2.64. The normalized spacial score (nSPS) is 22.0. The summed E-state index contributed by atoms with van der Waals surface area (Å²) in [4.78, 5) is 66.0. The lowest BCUT2D eigenvalue weighted by Gasteiger charge is -2.43. The third kappa shape index (κ3) is 31.4. The van der Waals surface area contributed by atoms with Gasteiger partial charge in [0.15, 0.2) is 11.9 Å². The molecule has 1 saturated carbocycles. The molecule has 0 heterocycles. The molecule has 1 aliphatic carbocycles. The molecule has 1 fully saturated rings. The molecule has 1 aliphatic rings. The van der Waals surface area contributed by atoms with Crippen LogP contribution in [0.1, 0.15) is 162 Å². The molecule has 8 atom stereocenters. The summed E-state index contributed by atoms with van der Waals surface area (Å²) in [5, 5.41) is 41.2. The number of hydrogen-bond acceptors (Lipinski definition) is 14. The number of carbonyl (C=O) groups is 3. The van der Waals surface area contributed by atoms with Crippen molar-refractivity contribution in [3.63, 3.8) is 0 Å². The Balaban J connectivity index is 2.64. The minimum Gasteiger partial charge on any atom is -0.462 e. The third-order valence-electron chi connectivity index (χ3n) is 10.6. The fourth-order valence-electron chi connectivity index (χ4n) is 6.86. The SMILES string of the molecule is CC/C=C\CCCCCCCCCCCCCC(=O)O[C@H](COC(=O)CCC/C=C\C/C=C\C/C=C\C=C\C(=O)CCCCC)COP(=O)(O)O[C@H]1C(O)C(O)C(O)[C@@H](OP(=O)(O)O)C1O. The monoisotopic (exact) mass is 978 g/mol. The molecular weight excluding hydrogens is 898 g/mol. The van der Waals surface area contributed by atoms with Crippen molar-refractivity contribution < 1.29 is 81.7 Å². The van der Waals surface area contributed by atoms with Crippen LogP contribution in [0.25, 0.3) is 0 Å². The number of unbranched alkanes of at least 4 members (excludes halogenated alkanes) is 14. The Morgan fingerprint density at radius 3 is 1.70 bits per heavy atom. The molecule has 0 spiro atoms.